The number of nitriles is 2. The van der Waals surface area contributed by atoms with Crippen LogP contribution in [0.3, 0.4) is 0 Å². The molecule has 2 rings (SSSR count). The Balaban J connectivity index is 2.46. The lowest BCUT2D eigenvalue weighted by Gasteiger charge is -2.07. The molecule has 0 bridgehead atoms. The van der Waals surface area contributed by atoms with Crippen LogP contribution in [0.2, 0.25) is 0 Å². The highest BCUT2D eigenvalue weighted by molar-refractivity contribution is 7.15. The Kier molecular flexibility index (Phi) is 5.51. The van der Waals surface area contributed by atoms with Crippen LogP contribution in [0.5, 0.6) is 0 Å². The van der Waals surface area contributed by atoms with Crippen molar-refractivity contribution in [2.24, 2.45) is 0 Å². The first-order valence-electron chi connectivity index (χ1n) is 6.82. The SMILES string of the molecule is CCOC(=O)c1c(-c2ccccc2)csc1NC=C(C#N)C#N. The number of esters is 1. The molecule has 1 N–H and O–H groups in total. The second kappa shape index (κ2) is 7.79. The van der Waals surface area contributed by atoms with E-state index in [1.807, 2.05) is 35.7 Å². The van der Waals surface area contributed by atoms with E-state index in [1.165, 1.54) is 17.5 Å². The maximum atomic E-state index is 12.3. The van der Waals surface area contributed by atoms with Gasteiger partial charge in [-0.25, -0.2) is 4.79 Å². The summed E-state index contributed by atoms with van der Waals surface area (Å²) in [5.41, 5.74) is 1.97. The predicted molar refractivity (Wildman–Crippen MR) is 88.6 cm³/mol. The summed E-state index contributed by atoms with van der Waals surface area (Å²) < 4.78 is 5.13. The third-order valence-electron chi connectivity index (χ3n) is 2.94. The zero-order valence-electron chi connectivity index (χ0n) is 12.4. The van der Waals surface area contributed by atoms with E-state index < -0.39 is 5.97 Å². The molecule has 5 nitrogen and oxygen atoms in total. The molecule has 0 atom stereocenters. The summed E-state index contributed by atoms with van der Waals surface area (Å²) in [6.07, 6.45) is 1.28. The normalized spacial score (nSPS) is 9.35. The van der Waals surface area contributed by atoms with E-state index in [0.29, 0.717) is 10.6 Å². The first-order valence-corrected chi connectivity index (χ1v) is 7.70. The number of ether oxygens (including phenoxy) is 1. The summed E-state index contributed by atoms with van der Waals surface area (Å²) >= 11 is 1.31. The van der Waals surface area contributed by atoms with E-state index >= 15 is 0 Å². The quantitative estimate of drug-likeness (QED) is 0.665. The molecule has 0 spiro atoms. The van der Waals surface area contributed by atoms with Gasteiger partial charge in [-0.15, -0.1) is 11.3 Å². The van der Waals surface area contributed by atoms with Crippen LogP contribution in [-0.4, -0.2) is 12.6 Å². The number of thiophene rings is 1. The van der Waals surface area contributed by atoms with Crippen LogP contribution in [0.15, 0.2) is 47.5 Å². The van der Waals surface area contributed by atoms with Gasteiger partial charge in [-0.05, 0) is 12.5 Å². The first-order chi connectivity index (χ1) is 11.2. The molecular formula is C17H13N3O2S. The molecule has 1 aromatic carbocycles. The van der Waals surface area contributed by atoms with Gasteiger partial charge in [0.1, 0.15) is 28.3 Å². The molecule has 0 amide bonds. The molecule has 0 saturated heterocycles. The van der Waals surface area contributed by atoms with E-state index in [2.05, 4.69) is 5.32 Å². The van der Waals surface area contributed by atoms with Crippen molar-refractivity contribution in [1.82, 2.24) is 0 Å². The number of carbonyl (C=O) groups excluding carboxylic acids is 1. The number of nitrogens with one attached hydrogen (secondary N) is 1. The Morgan fingerprint density at radius 2 is 2.00 bits per heavy atom. The highest BCUT2D eigenvalue weighted by atomic mass is 32.1. The highest BCUT2D eigenvalue weighted by Crippen LogP contribution is 2.36. The fourth-order valence-electron chi connectivity index (χ4n) is 1.93. The number of hydrogen-bond donors (Lipinski definition) is 1. The van der Waals surface area contributed by atoms with Crippen molar-refractivity contribution in [3.8, 4) is 23.3 Å². The van der Waals surface area contributed by atoms with Crippen LogP contribution in [0.4, 0.5) is 5.00 Å². The largest absolute Gasteiger partial charge is 0.462 e. The lowest BCUT2D eigenvalue weighted by atomic mass is 10.0. The molecule has 0 aliphatic rings. The van der Waals surface area contributed by atoms with Crippen molar-refractivity contribution in [1.29, 1.82) is 10.5 Å². The van der Waals surface area contributed by atoms with Gasteiger partial charge in [0.2, 0.25) is 0 Å². The van der Waals surface area contributed by atoms with E-state index in [0.717, 1.165) is 11.1 Å². The van der Waals surface area contributed by atoms with Crippen LogP contribution in [-0.2, 0) is 4.74 Å². The monoisotopic (exact) mass is 323 g/mol. The van der Waals surface area contributed by atoms with Gasteiger partial charge in [-0.1, -0.05) is 30.3 Å². The molecule has 0 aliphatic heterocycles. The van der Waals surface area contributed by atoms with Gasteiger partial charge in [0, 0.05) is 17.1 Å². The summed E-state index contributed by atoms with van der Waals surface area (Å²) in [5, 5.41) is 22.8. The lowest BCUT2D eigenvalue weighted by molar-refractivity contribution is 0.0529. The average molecular weight is 323 g/mol. The summed E-state index contributed by atoms with van der Waals surface area (Å²) in [7, 11) is 0. The topological polar surface area (TPSA) is 85.9 Å². The summed E-state index contributed by atoms with van der Waals surface area (Å²) in [5.74, 6) is -0.445. The minimum atomic E-state index is -0.445. The number of hydrogen-bond acceptors (Lipinski definition) is 6. The molecule has 23 heavy (non-hydrogen) atoms. The maximum absolute atomic E-state index is 12.3. The van der Waals surface area contributed by atoms with E-state index in [1.54, 1.807) is 19.1 Å². The van der Waals surface area contributed by atoms with E-state index in [-0.39, 0.29) is 12.2 Å². The second-order valence-electron chi connectivity index (χ2n) is 4.37. The molecule has 114 valence electrons. The second-order valence-corrected chi connectivity index (χ2v) is 5.25. The Morgan fingerprint density at radius 3 is 2.61 bits per heavy atom. The number of carbonyl (C=O) groups is 1. The van der Waals surface area contributed by atoms with Crippen molar-refractivity contribution < 1.29 is 9.53 Å². The lowest BCUT2D eigenvalue weighted by Crippen LogP contribution is -2.07. The first kappa shape index (κ1) is 16.3. The number of anilines is 1. The highest BCUT2D eigenvalue weighted by Gasteiger charge is 2.21. The molecule has 0 fully saturated rings. The standard InChI is InChI=1S/C17H13N3O2S/c1-2-22-17(21)15-14(13-6-4-3-5-7-13)11-23-16(15)20-10-12(8-18)9-19/h3-7,10-11,20H,2H2,1H3. The number of allylic oxidation sites excluding steroid dienone is 1. The van der Waals surface area contributed by atoms with Gasteiger partial charge >= 0.3 is 5.97 Å². The third kappa shape index (κ3) is 3.76. The van der Waals surface area contributed by atoms with Crippen molar-refractivity contribution in [3.05, 3.63) is 53.0 Å². The Labute approximate surface area is 138 Å². The number of nitrogens with zero attached hydrogens (tertiary/aromatic N) is 2. The number of benzene rings is 1. The smallest absolute Gasteiger partial charge is 0.341 e. The minimum absolute atomic E-state index is 0.0746. The van der Waals surface area contributed by atoms with Gasteiger partial charge in [-0.2, -0.15) is 10.5 Å². The van der Waals surface area contributed by atoms with Crippen molar-refractivity contribution in [2.45, 2.75) is 6.92 Å². The third-order valence-corrected chi connectivity index (χ3v) is 3.86. The molecule has 1 aromatic heterocycles. The van der Waals surface area contributed by atoms with Crippen LogP contribution >= 0.6 is 11.3 Å². The Morgan fingerprint density at radius 1 is 1.30 bits per heavy atom. The van der Waals surface area contributed by atoms with Crippen molar-refractivity contribution in [3.63, 3.8) is 0 Å². The molecule has 6 heteroatoms. The summed E-state index contributed by atoms with van der Waals surface area (Å²) in [6, 6.07) is 13.0. The van der Waals surface area contributed by atoms with Crippen LogP contribution in [0.1, 0.15) is 17.3 Å². The van der Waals surface area contributed by atoms with Crippen molar-refractivity contribution in [2.75, 3.05) is 11.9 Å². The summed E-state index contributed by atoms with van der Waals surface area (Å²) in [4.78, 5) is 12.3. The fourth-order valence-corrected chi connectivity index (χ4v) is 2.86. The summed E-state index contributed by atoms with van der Waals surface area (Å²) in [6.45, 7) is 2.00. The average Bonchev–Trinajstić information content (AvgIpc) is 3.01. The van der Waals surface area contributed by atoms with Gasteiger partial charge in [0.25, 0.3) is 0 Å². The predicted octanol–water partition coefficient (Wildman–Crippen LogP) is 3.93. The molecular weight excluding hydrogens is 310 g/mol. The molecule has 1 heterocycles. The van der Waals surface area contributed by atoms with Crippen LogP contribution in [0.25, 0.3) is 11.1 Å². The van der Waals surface area contributed by atoms with E-state index in [4.69, 9.17) is 15.3 Å². The molecule has 0 saturated carbocycles. The van der Waals surface area contributed by atoms with Crippen LogP contribution in [0, 0.1) is 22.7 Å². The molecule has 0 radical (unpaired) electrons. The fraction of sp³-hybridized carbons (Fsp3) is 0.118. The zero-order valence-corrected chi connectivity index (χ0v) is 13.2. The van der Waals surface area contributed by atoms with Gasteiger partial charge in [0.05, 0.1) is 6.61 Å². The van der Waals surface area contributed by atoms with Gasteiger partial charge < -0.3 is 10.1 Å². The van der Waals surface area contributed by atoms with E-state index in [9.17, 15) is 4.79 Å². The van der Waals surface area contributed by atoms with Crippen molar-refractivity contribution >= 4 is 22.3 Å². The maximum Gasteiger partial charge on any atom is 0.341 e. The molecule has 0 unspecified atom stereocenters. The Hall–Kier alpha value is -3.09. The van der Waals surface area contributed by atoms with Gasteiger partial charge in [-0.3, -0.25) is 0 Å². The molecule has 2 aromatic rings. The minimum Gasteiger partial charge on any atom is -0.462 e. The van der Waals surface area contributed by atoms with Gasteiger partial charge in [0.15, 0.2) is 0 Å². The Bertz CT molecular complexity index is 795. The van der Waals surface area contributed by atoms with Crippen LogP contribution < -0.4 is 5.32 Å². The molecule has 0 aliphatic carbocycles. The zero-order chi connectivity index (χ0) is 16.7. The number of rotatable bonds is 5.